The zero-order valence-electron chi connectivity index (χ0n) is 52.9. The first-order valence-corrected chi connectivity index (χ1v) is 35.1. The highest BCUT2D eigenvalue weighted by atomic mass is 31.2. The van der Waals surface area contributed by atoms with Gasteiger partial charge in [0.05, 0.1) is 33.8 Å². The molecule has 462 valence electrons. The Labute approximate surface area is 490 Å². The molecule has 3 atom stereocenters. The van der Waals surface area contributed by atoms with Gasteiger partial charge in [-0.05, 0) is 76.7 Å². The highest BCUT2D eigenvalue weighted by Crippen LogP contribution is 2.43. The Morgan fingerprint density at radius 2 is 0.772 bits per heavy atom. The molecule has 0 aromatic heterocycles. The molecule has 79 heavy (non-hydrogen) atoms. The van der Waals surface area contributed by atoms with Crippen LogP contribution in [0.3, 0.4) is 0 Å². The molecule has 3 unspecified atom stereocenters. The van der Waals surface area contributed by atoms with Crippen LogP contribution in [0.4, 0.5) is 0 Å². The number of nitrogens with zero attached hydrogens (tertiary/aromatic N) is 1. The summed E-state index contributed by atoms with van der Waals surface area (Å²) in [6.07, 6.45) is 75.0. The van der Waals surface area contributed by atoms with Crippen molar-refractivity contribution < 1.29 is 37.3 Å². The fourth-order valence-corrected chi connectivity index (χ4v) is 10.5. The molecule has 0 saturated heterocycles. The molecule has 10 heteroatoms. The van der Waals surface area contributed by atoms with E-state index in [2.05, 4.69) is 74.7 Å². The summed E-state index contributed by atoms with van der Waals surface area (Å²) in [7, 11) is 1.50. The minimum atomic E-state index is -4.45. The van der Waals surface area contributed by atoms with Crippen LogP contribution in [0.15, 0.2) is 60.8 Å². The molecule has 0 fully saturated rings. The van der Waals surface area contributed by atoms with Gasteiger partial charge in [-0.15, -0.1) is 0 Å². The first kappa shape index (κ1) is 76.7. The molecule has 9 nitrogen and oxygen atoms in total. The van der Waals surface area contributed by atoms with Crippen molar-refractivity contribution in [3.05, 3.63) is 60.8 Å². The first-order chi connectivity index (χ1) is 38.4. The average Bonchev–Trinajstić information content (AvgIpc) is 3.41. The van der Waals surface area contributed by atoms with Crippen molar-refractivity contribution in [2.45, 2.75) is 328 Å². The van der Waals surface area contributed by atoms with Crippen molar-refractivity contribution in [2.75, 3.05) is 40.9 Å². The molecule has 0 spiro atoms. The number of hydrogen-bond acceptors (Lipinski definition) is 6. The van der Waals surface area contributed by atoms with E-state index in [4.69, 9.17) is 13.8 Å². The third-order valence-electron chi connectivity index (χ3n) is 15.0. The van der Waals surface area contributed by atoms with Crippen molar-refractivity contribution in [2.24, 2.45) is 0 Å². The number of phosphoric ester groups is 1. The molecule has 0 aromatic carbocycles. The third kappa shape index (κ3) is 60.1. The van der Waals surface area contributed by atoms with Gasteiger partial charge in [-0.3, -0.25) is 18.6 Å². The van der Waals surface area contributed by atoms with Crippen LogP contribution < -0.4 is 5.32 Å². The van der Waals surface area contributed by atoms with Gasteiger partial charge in [-0.2, -0.15) is 0 Å². The van der Waals surface area contributed by atoms with Gasteiger partial charge >= 0.3 is 13.8 Å². The normalized spacial score (nSPS) is 14.0. The van der Waals surface area contributed by atoms with Crippen molar-refractivity contribution >= 4 is 19.7 Å². The van der Waals surface area contributed by atoms with Gasteiger partial charge in [0.2, 0.25) is 5.91 Å². The van der Waals surface area contributed by atoms with Gasteiger partial charge in [-0.1, -0.05) is 287 Å². The summed E-state index contributed by atoms with van der Waals surface area (Å²) < 4.78 is 30.8. The number of nitrogens with one attached hydrogen (secondary N) is 1. The number of likely N-dealkylation sites (N-methyl/N-ethyl adjacent to an activating group) is 1. The van der Waals surface area contributed by atoms with Crippen LogP contribution in [0.25, 0.3) is 0 Å². The van der Waals surface area contributed by atoms with Crippen molar-refractivity contribution in [1.82, 2.24) is 5.32 Å². The molecule has 0 aliphatic carbocycles. The second-order valence-corrected chi connectivity index (χ2v) is 25.5. The van der Waals surface area contributed by atoms with Gasteiger partial charge in [0.1, 0.15) is 19.3 Å². The summed E-state index contributed by atoms with van der Waals surface area (Å²) in [6.45, 7) is 7.01. The summed E-state index contributed by atoms with van der Waals surface area (Å²) in [6, 6.07) is -0.850. The second kappa shape index (κ2) is 58.9. The Hall–Kier alpha value is -2.29. The van der Waals surface area contributed by atoms with E-state index in [1.807, 2.05) is 33.3 Å². The number of hydrogen-bond donors (Lipinski definition) is 2. The minimum Gasteiger partial charge on any atom is -0.456 e. The number of unbranched alkanes of at least 4 members (excludes halogenated alkanes) is 37. The fraction of sp³-hybridized carbons (Fsp3) is 0.826. The lowest BCUT2D eigenvalue weighted by atomic mass is 10.0. The topological polar surface area (TPSA) is 111 Å². The van der Waals surface area contributed by atoms with Crippen LogP contribution in [0.1, 0.15) is 316 Å². The van der Waals surface area contributed by atoms with E-state index in [1.165, 1.54) is 199 Å². The minimum absolute atomic E-state index is 0.0397. The number of ether oxygens (including phenoxy) is 1. The molecule has 0 radical (unpaired) electrons. The van der Waals surface area contributed by atoms with E-state index in [-0.39, 0.29) is 31.5 Å². The number of amides is 1. The Bertz CT molecular complexity index is 1540. The Balaban J connectivity index is 5.12. The Morgan fingerprint density at radius 3 is 1.18 bits per heavy atom. The molecule has 0 rings (SSSR count). The molecule has 1 amide bonds. The van der Waals surface area contributed by atoms with Gasteiger partial charge < -0.3 is 19.4 Å². The lowest BCUT2D eigenvalue weighted by Gasteiger charge is -2.27. The van der Waals surface area contributed by atoms with Crippen LogP contribution in [-0.4, -0.2) is 74.3 Å². The maximum Gasteiger partial charge on any atom is 0.472 e. The predicted molar refractivity (Wildman–Crippen MR) is 342 cm³/mol. The zero-order chi connectivity index (χ0) is 57.9. The summed E-state index contributed by atoms with van der Waals surface area (Å²) >= 11 is 0. The molecule has 0 aliphatic rings. The molecule has 0 aromatic rings. The molecule has 2 N–H and O–H groups in total. The maximum absolute atomic E-state index is 13.6. The smallest absolute Gasteiger partial charge is 0.456 e. The number of allylic oxidation sites excluding steroid dienone is 9. The van der Waals surface area contributed by atoms with Gasteiger partial charge in [0.25, 0.3) is 0 Å². The van der Waals surface area contributed by atoms with E-state index in [1.54, 1.807) is 0 Å². The van der Waals surface area contributed by atoms with Gasteiger partial charge in [-0.25, -0.2) is 4.57 Å². The largest absolute Gasteiger partial charge is 0.472 e. The van der Waals surface area contributed by atoms with E-state index >= 15 is 0 Å². The maximum atomic E-state index is 13.6. The van der Waals surface area contributed by atoms with Crippen molar-refractivity contribution in [3.63, 3.8) is 0 Å². The van der Waals surface area contributed by atoms with Crippen LogP contribution in [0.5, 0.6) is 0 Å². The van der Waals surface area contributed by atoms with Crippen molar-refractivity contribution in [3.8, 4) is 0 Å². The van der Waals surface area contributed by atoms with Crippen LogP contribution in [0.2, 0.25) is 0 Å². The summed E-state index contributed by atoms with van der Waals surface area (Å²) in [5.41, 5.74) is 0. The molecule has 0 aliphatic heterocycles. The number of esters is 1. The number of carbonyl (C=O) groups is 2. The summed E-state index contributed by atoms with van der Waals surface area (Å²) in [4.78, 5) is 37.8. The molecular weight excluding hydrogens is 1000 g/mol. The molecule has 0 saturated carbocycles. The van der Waals surface area contributed by atoms with E-state index in [0.717, 1.165) is 83.5 Å². The quantitative estimate of drug-likeness (QED) is 0.0205. The van der Waals surface area contributed by atoms with Crippen LogP contribution >= 0.6 is 7.82 Å². The van der Waals surface area contributed by atoms with Crippen LogP contribution in [0, 0.1) is 0 Å². The third-order valence-corrected chi connectivity index (χ3v) is 15.9. The highest BCUT2D eigenvalue weighted by molar-refractivity contribution is 7.47. The number of phosphoric acid groups is 1. The molecule has 0 heterocycles. The number of quaternary nitrogens is 1. The fourth-order valence-electron chi connectivity index (χ4n) is 9.75. The van der Waals surface area contributed by atoms with Crippen molar-refractivity contribution in [1.29, 1.82) is 0 Å². The zero-order valence-corrected chi connectivity index (χ0v) is 53.8. The average molecular weight is 1130 g/mol. The standard InChI is InChI=1S/C69H129N2O7P/c1-7-10-13-16-19-22-25-28-30-32-33-34-35-36-37-38-39-40-42-44-47-50-53-56-59-62-69(73)78-67(60-57-54-51-48-45-27-24-21-18-15-12-9-3)66(65-77-79(74,75)76-64-63-71(4,5)6)70-68(72)61-58-55-52-49-46-43-41-31-29-26-23-20-17-14-11-8-2/h19,22,28,30,33-34,36-37,57,60,66-67H,7-18,20-21,23-27,29,31-32,35,38-56,58-59,61-65H2,1-6H3,(H-,70,72,74,75)/p+1/b22-19-,30-28-,34-33-,37-36-,60-57+. The van der Waals surface area contributed by atoms with Gasteiger partial charge in [0, 0.05) is 12.8 Å². The number of carbonyl (C=O) groups excluding carboxylic acids is 2. The lowest BCUT2D eigenvalue weighted by molar-refractivity contribution is -0.870. The second-order valence-electron chi connectivity index (χ2n) is 24.0. The number of rotatable bonds is 61. The lowest BCUT2D eigenvalue weighted by Crippen LogP contribution is -2.47. The highest BCUT2D eigenvalue weighted by Gasteiger charge is 2.30. The first-order valence-electron chi connectivity index (χ1n) is 33.6. The van der Waals surface area contributed by atoms with E-state index in [0.29, 0.717) is 17.4 Å². The molecular formula is C69H130N2O7P+. The summed E-state index contributed by atoms with van der Waals surface area (Å²) in [5, 5.41) is 3.07. The Kier molecular flexibility index (Phi) is 57.2. The molecule has 0 bridgehead atoms. The SMILES string of the molecule is CCCCC/C=C\C/C=C\C/C=C\C/C=C\CCCCCCCCCCCC(=O)OC(/C=C/CCCCCCCCCCCC)C(COP(=O)(O)OCC[N+](C)(C)C)NC(=O)CCCCCCCCCCCCCCCCCC. The van der Waals surface area contributed by atoms with Gasteiger partial charge in [0.15, 0.2) is 0 Å². The predicted octanol–water partition coefficient (Wildman–Crippen LogP) is 21.0. The summed E-state index contributed by atoms with van der Waals surface area (Å²) in [5.74, 6) is -0.500. The van der Waals surface area contributed by atoms with E-state index in [9.17, 15) is 19.0 Å². The van der Waals surface area contributed by atoms with E-state index < -0.39 is 20.0 Å². The van der Waals surface area contributed by atoms with Crippen LogP contribution in [-0.2, 0) is 27.9 Å². The Morgan fingerprint density at radius 1 is 0.443 bits per heavy atom. The monoisotopic (exact) mass is 1130 g/mol.